The number of hydrogen-bond acceptors (Lipinski definition) is 7. The van der Waals surface area contributed by atoms with Crippen LogP contribution >= 0.6 is 0 Å². The number of carboxylic acids is 1. The van der Waals surface area contributed by atoms with Crippen LogP contribution in [0.2, 0.25) is 6.32 Å². The fraction of sp³-hybridized carbons (Fsp3) is 0.765. The third kappa shape index (κ3) is 4.81. The maximum absolute atomic E-state index is 12.6. The van der Waals surface area contributed by atoms with E-state index in [0.29, 0.717) is 38.4 Å². The summed E-state index contributed by atoms with van der Waals surface area (Å²) in [6, 6.07) is 0.119. The van der Waals surface area contributed by atoms with Crippen molar-refractivity contribution in [2.75, 3.05) is 19.6 Å². The zero-order valence-electron chi connectivity index (χ0n) is 15.3. The Kier molecular flexibility index (Phi) is 6.75. The van der Waals surface area contributed by atoms with Gasteiger partial charge in [-0.2, -0.15) is 0 Å². The number of carbonyl (C=O) groups excluding carboxylic acids is 1. The van der Waals surface area contributed by atoms with Crippen LogP contribution < -0.4 is 5.43 Å². The van der Waals surface area contributed by atoms with Crippen molar-refractivity contribution in [3.05, 3.63) is 17.4 Å². The van der Waals surface area contributed by atoms with Crippen LogP contribution in [-0.2, 0) is 9.53 Å². The molecule has 0 aromatic rings. The first-order valence-electron chi connectivity index (χ1n) is 9.54. The van der Waals surface area contributed by atoms with Gasteiger partial charge in [-0.25, -0.2) is 20.0 Å². The van der Waals surface area contributed by atoms with Gasteiger partial charge in [0.2, 0.25) is 0 Å². The zero-order valence-corrected chi connectivity index (χ0v) is 15.3. The molecule has 2 heterocycles. The Balaban J connectivity index is 1.52. The topological polar surface area (TPSA) is 108 Å². The maximum Gasteiger partial charge on any atom is 0.410 e. The molecular weight excluding hydrogens is 351 g/mol. The molecule has 2 radical (unpaired) electrons. The lowest BCUT2D eigenvalue weighted by atomic mass is 9.87. The van der Waals surface area contributed by atoms with E-state index in [1.807, 2.05) is 5.01 Å². The number of nitrogens with zero attached hydrogens (tertiary/aromatic N) is 3. The van der Waals surface area contributed by atoms with E-state index >= 15 is 0 Å². The molecule has 1 aliphatic carbocycles. The van der Waals surface area contributed by atoms with Crippen molar-refractivity contribution < 1.29 is 19.4 Å². The molecule has 0 bridgehead atoms. The van der Waals surface area contributed by atoms with Gasteiger partial charge >= 0.3 is 12.1 Å². The summed E-state index contributed by atoms with van der Waals surface area (Å²) in [5.41, 5.74) is 3.04. The van der Waals surface area contributed by atoms with Crippen LogP contribution in [0.3, 0.4) is 0 Å². The third-order valence-electron chi connectivity index (χ3n) is 5.65. The largest absolute Gasteiger partial charge is 0.758 e. The predicted octanol–water partition coefficient (Wildman–Crippen LogP) is 0.887. The van der Waals surface area contributed by atoms with Crippen molar-refractivity contribution in [1.82, 2.24) is 20.6 Å². The lowest BCUT2D eigenvalue weighted by molar-refractivity contribution is -0.146. The van der Waals surface area contributed by atoms with Gasteiger partial charge in [0, 0.05) is 31.7 Å². The fourth-order valence-corrected chi connectivity index (χ4v) is 4.03. The van der Waals surface area contributed by atoms with E-state index in [9.17, 15) is 14.8 Å². The number of hydrazine groups is 2. The number of carboxylic acid groups (broad SMARTS) is 1. The van der Waals surface area contributed by atoms with Gasteiger partial charge in [0.05, 0.1) is 7.85 Å². The lowest BCUT2D eigenvalue weighted by Crippen LogP contribution is -2.56. The van der Waals surface area contributed by atoms with Gasteiger partial charge in [-0.15, -0.1) is 0 Å². The molecule has 0 spiro atoms. The summed E-state index contributed by atoms with van der Waals surface area (Å²) < 4.78 is 4.94. The van der Waals surface area contributed by atoms with Gasteiger partial charge in [0.1, 0.15) is 0 Å². The van der Waals surface area contributed by atoms with E-state index in [0.717, 1.165) is 24.5 Å². The van der Waals surface area contributed by atoms with Crippen molar-refractivity contribution >= 4 is 19.9 Å². The summed E-state index contributed by atoms with van der Waals surface area (Å²) in [5.74, 6) is -0.787. The molecular formula is C17H26BN4O5-. The summed E-state index contributed by atoms with van der Waals surface area (Å²) in [7, 11) is 5.32. The molecule has 3 unspecified atom stereocenters. The van der Waals surface area contributed by atoms with Gasteiger partial charge in [-0.05, 0) is 44.3 Å². The second-order valence-electron chi connectivity index (χ2n) is 7.31. The van der Waals surface area contributed by atoms with Crippen LogP contribution in [0.4, 0.5) is 4.79 Å². The second-order valence-corrected chi connectivity index (χ2v) is 7.31. The van der Waals surface area contributed by atoms with E-state index in [1.165, 1.54) is 4.90 Å². The van der Waals surface area contributed by atoms with Crippen molar-refractivity contribution in [3.8, 4) is 0 Å². The molecule has 0 aromatic heterocycles. The van der Waals surface area contributed by atoms with Crippen LogP contribution in [0, 0.1) is 11.1 Å². The highest BCUT2D eigenvalue weighted by Gasteiger charge is 2.33. The Bertz CT molecular complexity index is 570. The number of ether oxygens (including phenoxy) is 1. The van der Waals surface area contributed by atoms with E-state index in [2.05, 4.69) is 17.6 Å². The van der Waals surface area contributed by atoms with Crippen LogP contribution in [-0.4, -0.2) is 78.0 Å². The zero-order chi connectivity index (χ0) is 19.4. The molecule has 3 aliphatic rings. The molecule has 0 aromatic carbocycles. The molecule has 2 N–H and O–H groups in total. The Morgan fingerprint density at radius 3 is 2.67 bits per heavy atom. The summed E-state index contributed by atoms with van der Waals surface area (Å²) in [6.45, 7) is 1.52. The Morgan fingerprint density at radius 1 is 1.26 bits per heavy atom. The molecule has 27 heavy (non-hydrogen) atoms. The van der Waals surface area contributed by atoms with Crippen LogP contribution in [0.25, 0.3) is 0 Å². The van der Waals surface area contributed by atoms with Crippen molar-refractivity contribution in [1.29, 1.82) is 0 Å². The number of allylic oxidation sites excluding steroid dienone is 1. The highest BCUT2D eigenvalue weighted by Crippen LogP contribution is 2.28. The first-order chi connectivity index (χ1) is 13.0. The molecule has 1 amide bonds. The molecule has 2 aliphatic heterocycles. The van der Waals surface area contributed by atoms with Crippen LogP contribution in [0.5, 0.6) is 0 Å². The minimum absolute atomic E-state index is 0.0351. The molecule has 3 atom stereocenters. The minimum atomic E-state index is -1.33. The first kappa shape index (κ1) is 20.1. The molecule has 148 valence electrons. The Labute approximate surface area is 160 Å². The number of carbonyl (C=O) groups is 2. The Hall–Kier alpha value is -1.62. The number of hydrogen-bond donors (Lipinski definition) is 2. The number of rotatable bonds is 4. The summed E-state index contributed by atoms with van der Waals surface area (Å²) >= 11 is 0. The number of fused-ring (bicyclic) bond motifs is 1. The van der Waals surface area contributed by atoms with E-state index in [4.69, 9.17) is 17.7 Å². The quantitative estimate of drug-likeness (QED) is 0.549. The average Bonchev–Trinajstić information content (AvgIpc) is 2.84. The molecule has 3 rings (SSSR count). The SMILES string of the molecule is [B]CC(OC(=O)N1CCC(N2CCC3CCC=CC3NN2[O-])CC1)C(=O)O. The fourth-order valence-electron chi connectivity index (χ4n) is 4.03. The number of aliphatic carboxylic acids is 1. The van der Waals surface area contributed by atoms with Crippen molar-refractivity contribution in [3.63, 3.8) is 0 Å². The van der Waals surface area contributed by atoms with Crippen LogP contribution in [0.1, 0.15) is 32.1 Å². The van der Waals surface area contributed by atoms with Gasteiger partial charge in [0.15, 0.2) is 6.10 Å². The minimum Gasteiger partial charge on any atom is -0.758 e. The highest BCUT2D eigenvalue weighted by molar-refractivity contribution is 6.10. The third-order valence-corrected chi connectivity index (χ3v) is 5.65. The standard InChI is InChI=1S/C17H26BN4O5/c18-11-15(16(23)24)27-17(25)20-8-6-13(7-9-20)21-10-5-12-3-1-2-4-14(12)19-22(21)26/h2,4,12-15,19H,1,3,5-11H2,(H,23,24)/q-1. The summed E-state index contributed by atoms with van der Waals surface area (Å²) in [5, 5.41) is 24.2. The first-order valence-corrected chi connectivity index (χ1v) is 9.54. The predicted molar refractivity (Wildman–Crippen MR) is 98.4 cm³/mol. The van der Waals surface area contributed by atoms with Crippen molar-refractivity contribution in [2.45, 2.75) is 56.6 Å². The number of amides is 1. The normalized spacial score (nSPS) is 29.0. The second kappa shape index (κ2) is 9.05. The molecule has 0 saturated carbocycles. The monoisotopic (exact) mass is 377 g/mol. The van der Waals surface area contributed by atoms with Gasteiger partial charge in [0.25, 0.3) is 0 Å². The summed E-state index contributed by atoms with van der Waals surface area (Å²) in [6.07, 6.45) is 6.29. The maximum atomic E-state index is 12.6. The Morgan fingerprint density at radius 2 is 2.00 bits per heavy atom. The van der Waals surface area contributed by atoms with E-state index < -0.39 is 18.2 Å². The molecule has 10 heteroatoms. The van der Waals surface area contributed by atoms with E-state index in [-0.39, 0.29) is 18.4 Å². The number of nitrogens with one attached hydrogen (secondary N) is 1. The smallest absolute Gasteiger partial charge is 0.410 e. The summed E-state index contributed by atoms with van der Waals surface area (Å²) in [4.78, 5) is 24.5. The highest BCUT2D eigenvalue weighted by atomic mass is 16.6. The van der Waals surface area contributed by atoms with Crippen LogP contribution in [0.15, 0.2) is 12.2 Å². The average molecular weight is 377 g/mol. The van der Waals surface area contributed by atoms with E-state index in [1.54, 1.807) is 0 Å². The van der Waals surface area contributed by atoms with Gasteiger partial charge in [-0.3, -0.25) is 5.28 Å². The molecule has 2 fully saturated rings. The molecule has 9 nitrogen and oxygen atoms in total. The number of likely N-dealkylation sites (tertiary alicyclic amines) is 1. The van der Waals surface area contributed by atoms with Crippen molar-refractivity contribution in [2.24, 2.45) is 5.92 Å². The van der Waals surface area contributed by atoms with Gasteiger partial charge < -0.3 is 20.0 Å². The van der Waals surface area contributed by atoms with Gasteiger partial charge in [-0.1, -0.05) is 12.2 Å². The number of piperidine rings is 1. The molecule has 2 saturated heterocycles. The lowest BCUT2D eigenvalue weighted by Gasteiger charge is -2.46.